The monoisotopic (exact) mass is 330 g/mol. The number of nitrogens with two attached hydrogens (primary N) is 1. The molecule has 0 rings (SSSR count). The number of rotatable bonds is 7. The molecule has 0 fully saturated rings. The van der Waals surface area contributed by atoms with Crippen molar-refractivity contribution in [2.24, 2.45) is 5.73 Å². The summed E-state index contributed by atoms with van der Waals surface area (Å²) >= 11 is 0. The van der Waals surface area contributed by atoms with E-state index in [4.69, 9.17) is 15.2 Å². The van der Waals surface area contributed by atoms with E-state index in [0.29, 0.717) is 0 Å². The van der Waals surface area contributed by atoms with Gasteiger partial charge in [-0.3, -0.25) is 9.59 Å². The summed E-state index contributed by atoms with van der Waals surface area (Å²) in [7, 11) is 0. The highest BCUT2D eigenvalue weighted by atomic mass is 16.6. The lowest BCUT2D eigenvalue weighted by Gasteiger charge is -2.25. The zero-order chi connectivity index (χ0) is 18.3. The lowest BCUT2D eigenvalue weighted by molar-refractivity contribution is -0.160. The number of ether oxygens (including phenoxy) is 2. The maximum absolute atomic E-state index is 12.2. The van der Waals surface area contributed by atoms with Crippen LogP contribution in [0.25, 0.3) is 0 Å². The normalized spacial score (nSPS) is 13.2. The number of hydrogen-bond acceptors (Lipinski definition) is 6. The highest BCUT2D eigenvalue weighted by Gasteiger charge is 2.28. The van der Waals surface area contributed by atoms with Crippen molar-refractivity contribution < 1.29 is 23.9 Å². The van der Waals surface area contributed by atoms with E-state index < -0.39 is 29.2 Å². The molecule has 7 nitrogen and oxygen atoms in total. The highest BCUT2D eigenvalue weighted by molar-refractivity contribution is 5.85. The number of hydrogen-bond donors (Lipinski definition) is 2. The standard InChI is InChI=1S/C16H30N2O5/c1-15(2,3)22-13(20)8-7-11(18-12(19)9-10-17)14(21)23-16(4,5)6/h11H,7-10,17H2,1-6H3,(H,18,19)/t11-/m1/s1. The molecule has 0 aliphatic rings. The van der Waals surface area contributed by atoms with Gasteiger partial charge in [-0.1, -0.05) is 0 Å². The van der Waals surface area contributed by atoms with E-state index in [1.165, 1.54) is 0 Å². The minimum atomic E-state index is -0.902. The van der Waals surface area contributed by atoms with E-state index in [0.717, 1.165) is 0 Å². The van der Waals surface area contributed by atoms with Gasteiger partial charge in [-0.2, -0.15) is 0 Å². The summed E-state index contributed by atoms with van der Waals surface area (Å²) in [5, 5.41) is 2.56. The van der Waals surface area contributed by atoms with Crippen molar-refractivity contribution in [3.8, 4) is 0 Å². The molecule has 0 aliphatic heterocycles. The molecule has 3 N–H and O–H groups in total. The molecule has 0 aromatic rings. The SMILES string of the molecule is CC(C)(C)OC(=O)CC[C@@H](NC(=O)CCN)C(=O)OC(C)(C)C. The Morgan fingerprint density at radius 2 is 1.48 bits per heavy atom. The molecule has 0 radical (unpaired) electrons. The van der Waals surface area contributed by atoms with E-state index in [9.17, 15) is 14.4 Å². The Morgan fingerprint density at radius 1 is 0.957 bits per heavy atom. The van der Waals surface area contributed by atoms with Gasteiger partial charge in [0.05, 0.1) is 0 Å². The fraction of sp³-hybridized carbons (Fsp3) is 0.812. The summed E-state index contributed by atoms with van der Waals surface area (Å²) in [6.07, 6.45) is 0.218. The summed E-state index contributed by atoms with van der Waals surface area (Å²) in [4.78, 5) is 35.6. The van der Waals surface area contributed by atoms with E-state index in [1.807, 2.05) is 0 Å². The number of carbonyl (C=O) groups excluding carboxylic acids is 3. The first kappa shape index (κ1) is 21.4. The largest absolute Gasteiger partial charge is 0.460 e. The summed E-state index contributed by atoms with van der Waals surface area (Å²) in [5.74, 6) is -1.36. The van der Waals surface area contributed by atoms with Crippen LogP contribution in [0.5, 0.6) is 0 Å². The van der Waals surface area contributed by atoms with Crippen molar-refractivity contribution in [2.75, 3.05) is 6.54 Å². The summed E-state index contributed by atoms with van der Waals surface area (Å²) in [5.41, 5.74) is 4.05. The van der Waals surface area contributed by atoms with Crippen LogP contribution in [0.2, 0.25) is 0 Å². The molecule has 0 bridgehead atoms. The molecule has 0 heterocycles. The fourth-order valence-corrected chi connectivity index (χ4v) is 1.67. The van der Waals surface area contributed by atoms with Gasteiger partial charge in [0.1, 0.15) is 17.2 Å². The van der Waals surface area contributed by atoms with Crippen LogP contribution in [0.3, 0.4) is 0 Å². The first-order valence-electron chi connectivity index (χ1n) is 7.78. The van der Waals surface area contributed by atoms with Crippen LogP contribution < -0.4 is 11.1 Å². The highest BCUT2D eigenvalue weighted by Crippen LogP contribution is 2.13. The molecule has 0 aromatic carbocycles. The summed E-state index contributed by atoms with van der Waals surface area (Å²) < 4.78 is 10.5. The van der Waals surface area contributed by atoms with Gasteiger partial charge >= 0.3 is 11.9 Å². The summed E-state index contributed by atoms with van der Waals surface area (Å²) in [6.45, 7) is 10.7. The third kappa shape index (κ3) is 11.6. The van der Waals surface area contributed by atoms with Crippen LogP contribution in [0, 0.1) is 0 Å². The Hall–Kier alpha value is -1.63. The van der Waals surface area contributed by atoms with E-state index in [-0.39, 0.29) is 31.7 Å². The number of amides is 1. The Bertz CT molecular complexity index is 421. The predicted molar refractivity (Wildman–Crippen MR) is 86.5 cm³/mol. The van der Waals surface area contributed by atoms with Gasteiger partial charge in [0.15, 0.2) is 0 Å². The molecule has 134 valence electrons. The molecular formula is C16H30N2O5. The quantitative estimate of drug-likeness (QED) is 0.681. The lowest BCUT2D eigenvalue weighted by Crippen LogP contribution is -2.45. The Morgan fingerprint density at radius 3 is 1.91 bits per heavy atom. The molecule has 7 heteroatoms. The molecule has 0 spiro atoms. The van der Waals surface area contributed by atoms with Crippen molar-refractivity contribution in [3.63, 3.8) is 0 Å². The molecule has 0 aliphatic carbocycles. The van der Waals surface area contributed by atoms with Gasteiger partial charge in [-0.25, -0.2) is 4.79 Å². The van der Waals surface area contributed by atoms with E-state index in [2.05, 4.69) is 5.32 Å². The van der Waals surface area contributed by atoms with Crippen LogP contribution in [0.4, 0.5) is 0 Å². The van der Waals surface area contributed by atoms with Crippen molar-refractivity contribution in [1.29, 1.82) is 0 Å². The van der Waals surface area contributed by atoms with Gasteiger partial charge in [-0.05, 0) is 48.0 Å². The predicted octanol–water partition coefficient (Wildman–Crippen LogP) is 1.28. The average Bonchev–Trinajstić information content (AvgIpc) is 2.30. The topological polar surface area (TPSA) is 108 Å². The van der Waals surface area contributed by atoms with E-state index >= 15 is 0 Å². The van der Waals surface area contributed by atoms with Crippen LogP contribution in [0.15, 0.2) is 0 Å². The average molecular weight is 330 g/mol. The smallest absolute Gasteiger partial charge is 0.329 e. The van der Waals surface area contributed by atoms with Gasteiger partial charge in [0.2, 0.25) is 5.91 Å². The lowest BCUT2D eigenvalue weighted by atomic mass is 10.1. The van der Waals surface area contributed by atoms with Crippen LogP contribution in [-0.4, -0.2) is 41.6 Å². The molecule has 1 amide bonds. The van der Waals surface area contributed by atoms with Gasteiger partial charge in [0.25, 0.3) is 0 Å². The zero-order valence-electron chi connectivity index (χ0n) is 15.0. The minimum Gasteiger partial charge on any atom is -0.460 e. The Balaban J connectivity index is 4.75. The Labute approximate surface area is 138 Å². The van der Waals surface area contributed by atoms with Crippen LogP contribution >= 0.6 is 0 Å². The van der Waals surface area contributed by atoms with Crippen molar-refractivity contribution >= 4 is 17.8 Å². The van der Waals surface area contributed by atoms with Crippen molar-refractivity contribution in [3.05, 3.63) is 0 Å². The van der Waals surface area contributed by atoms with Gasteiger partial charge in [0, 0.05) is 19.4 Å². The second-order valence-electron chi connectivity index (χ2n) is 7.32. The second kappa shape index (κ2) is 8.86. The molecule has 0 unspecified atom stereocenters. The van der Waals surface area contributed by atoms with Crippen molar-refractivity contribution in [1.82, 2.24) is 5.32 Å². The van der Waals surface area contributed by atoms with Crippen LogP contribution in [0.1, 0.15) is 60.8 Å². The Kier molecular flexibility index (Phi) is 8.23. The zero-order valence-corrected chi connectivity index (χ0v) is 15.0. The maximum Gasteiger partial charge on any atom is 0.329 e. The maximum atomic E-state index is 12.2. The first-order chi connectivity index (χ1) is 10.3. The first-order valence-corrected chi connectivity index (χ1v) is 7.78. The third-order valence-electron chi connectivity index (χ3n) is 2.46. The third-order valence-corrected chi connectivity index (χ3v) is 2.46. The van der Waals surface area contributed by atoms with Crippen LogP contribution in [-0.2, 0) is 23.9 Å². The fourth-order valence-electron chi connectivity index (χ4n) is 1.67. The summed E-state index contributed by atoms with van der Waals surface area (Å²) in [6, 6.07) is -0.902. The molecule has 0 aromatic heterocycles. The molecule has 0 saturated carbocycles. The van der Waals surface area contributed by atoms with Gasteiger partial charge < -0.3 is 20.5 Å². The molecule has 23 heavy (non-hydrogen) atoms. The number of nitrogens with one attached hydrogen (secondary N) is 1. The number of esters is 2. The molecule has 0 saturated heterocycles. The molecular weight excluding hydrogens is 300 g/mol. The number of carbonyl (C=O) groups is 3. The van der Waals surface area contributed by atoms with Gasteiger partial charge in [-0.15, -0.1) is 0 Å². The minimum absolute atomic E-state index is 0.00405. The second-order valence-corrected chi connectivity index (χ2v) is 7.32. The van der Waals surface area contributed by atoms with E-state index in [1.54, 1.807) is 41.5 Å². The molecule has 1 atom stereocenters. The van der Waals surface area contributed by atoms with Crippen molar-refractivity contribution in [2.45, 2.75) is 78.0 Å².